The molecule has 0 N–H and O–H groups in total. The maximum atomic E-state index is 13.9. The van der Waals surface area contributed by atoms with Crippen molar-refractivity contribution in [2.75, 3.05) is 31.1 Å². The second kappa shape index (κ2) is 6.54. The van der Waals surface area contributed by atoms with Crippen LogP contribution in [0.4, 0.5) is 10.4 Å². The van der Waals surface area contributed by atoms with Gasteiger partial charge in [-0.2, -0.15) is 0 Å². The van der Waals surface area contributed by atoms with Gasteiger partial charge in [-0.25, -0.2) is 4.39 Å². The standard InChI is InChI=1S/C15H16ClFN4O2/c1-2-12-18-19-15(23-12)21-8-6-20(7-9-21)14(22)13-10(16)4-3-5-11(13)17/h3-5H,2,6-9H2,1H3. The van der Waals surface area contributed by atoms with Gasteiger partial charge in [0.05, 0.1) is 10.6 Å². The molecule has 0 aliphatic carbocycles. The molecule has 2 heterocycles. The first-order valence-electron chi connectivity index (χ1n) is 7.40. The van der Waals surface area contributed by atoms with Gasteiger partial charge >= 0.3 is 6.01 Å². The van der Waals surface area contributed by atoms with Crippen LogP contribution in [0.5, 0.6) is 0 Å². The Hall–Kier alpha value is -2.15. The van der Waals surface area contributed by atoms with Crippen LogP contribution in [0.3, 0.4) is 0 Å². The van der Waals surface area contributed by atoms with E-state index in [1.165, 1.54) is 18.2 Å². The summed E-state index contributed by atoms with van der Waals surface area (Å²) in [6, 6.07) is 4.68. The fourth-order valence-electron chi connectivity index (χ4n) is 2.48. The molecule has 6 nitrogen and oxygen atoms in total. The van der Waals surface area contributed by atoms with Crippen molar-refractivity contribution in [1.29, 1.82) is 0 Å². The SMILES string of the molecule is CCc1nnc(N2CCN(C(=O)c3c(F)cccc3Cl)CC2)o1. The summed E-state index contributed by atoms with van der Waals surface area (Å²) in [6.45, 7) is 3.90. The molecule has 1 aliphatic heterocycles. The molecule has 0 radical (unpaired) electrons. The zero-order valence-corrected chi connectivity index (χ0v) is 13.4. The van der Waals surface area contributed by atoms with Crippen LogP contribution in [0.1, 0.15) is 23.2 Å². The quantitative estimate of drug-likeness (QED) is 0.860. The molecule has 1 aliphatic rings. The average molecular weight is 339 g/mol. The van der Waals surface area contributed by atoms with Gasteiger partial charge in [-0.1, -0.05) is 29.7 Å². The lowest BCUT2D eigenvalue weighted by Crippen LogP contribution is -2.49. The minimum atomic E-state index is -0.602. The first kappa shape index (κ1) is 15.7. The predicted octanol–water partition coefficient (Wildman–Crippen LogP) is 2.39. The highest BCUT2D eigenvalue weighted by Crippen LogP contribution is 2.22. The third-order valence-electron chi connectivity index (χ3n) is 3.77. The van der Waals surface area contributed by atoms with Gasteiger partial charge in [0.1, 0.15) is 5.82 Å². The molecule has 1 saturated heterocycles. The Bertz CT molecular complexity index is 693. The summed E-state index contributed by atoms with van der Waals surface area (Å²) in [5, 5.41) is 8.05. The van der Waals surface area contributed by atoms with E-state index in [9.17, 15) is 9.18 Å². The van der Waals surface area contributed by atoms with E-state index in [0.29, 0.717) is 44.5 Å². The van der Waals surface area contributed by atoms with Crippen LogP contribution in [0.2, 0.25) is 5.02 Å². The zero-order chi connectivity index (χ0) is 16.4. The average Bonchev–Trinajstić information content (AvgIpc) is 3.04. The van der Waals surface area contributed by atoms with Crippen LogP contribution < -0.4 is 4.90 Å². The van der Waals surface area contributed by atoms with Crippen molar-refractivity contribution >= 4 is 23.5 Å². The van der Waals surface area contributed by atoms with Crippen molar-refractivity contribution in [2.24, 2.45) is 0 Å². The summed E-state index contributed by atoms with van der Waals surface area (Å²) < 4.78 is 19.4. The van der Waals surface area contributed by atoms with Crippen LogP contribution in [0.15, 0.2) is 22.6 Å². The highest BCUT2D eigenvalue weighted by Gasteiger charge is 2.27. The fraction of sp³-hybridized carbons (Fsp3) is 0.400. The molecular formula is C15H16ClFN4O2. The maximum Gasteiger partial charge on any atom is 0.318 e. The van der Waals surface area contributed by atoms with E-state index in [0.717, 1.165) is 0 Å². The summed E-state index contributed by atoms with van der Waals surface area (Å²) in [7, 11) is 0. The lowest BCUT2D eigenvalue weighted by molar-refractivity contribution is 0.0740. The number of hydrogen-bond donors (Lipinski definition) is 0. The Balaban J connectivity index is 1.68. The smallest absolute Gasteiger partial charge is 0.318 e. The number of aromatic nitrogens is 2. The van der Waals surface area contributed by atoms with Crippen LogP contribution in [0, 0.1) is 5.82 Å². The molecule has 1 aromatic heterocycles. The van der Waals surface area contributed by atoms with Crippen molar-refractivity contribution in [3.8, 4) is 0 Å². The molecule has 1 amide bonds. The van der Waals surface area contributed by atoms with Gasteiger partial charge in [0.25, 0.3) is 5.91 Å². The van der Waals surface area contributed by atoms with Crippen molar-refractivity contribution in [2.45, 2.75) is 13.3 Å². The fourth-order valence-corrected chi connectivity index (χ4v) is 2.72. The van der Waals surface area contributed by atoms with E-state index in [2.05, 4.69) is 10.2 Å². The van der Waals surface area contributed by atoms with Gasteiger partial charge < -0.3 is 14.2 Å². The van der Waals surface area contributed by atoms with Gasteiger partial charge in [0.2, 0.25) is 5.89 Å². The molecule has 0 saturated carbocycles. The number of halogens is 2. The van der Waals surface area contributed by atoms with Gasteiger partial charge in [-0.15, -0.1) is 5.10 Å². The summed E-state index contributed by atoms with van der Waals surface area (Å²) in [6.07, 6.45) is 0.678. The molecule has 0 atom stereocenters. The van der Waals surface area contributed by atoms with E-state index in [-0.39, 0.29) is 10.6 Å². The number of hydrogen-bond acceptors (Lipinski definition) is 5. The topological polar surface area (TPSA) is 62.5 Å². The van der Waals surface area contributed by atoms with Gasteiger partial charge in [-0.05, 0) is 12.1 Å². The minimum Gasteiger partial charge on any atom is -0.408 e. The lowest BCUT2D eigenvalue weighted by atomic mass is 10.1. The second-order valence-electron chi connectivity index (χ2n) is 5.21. The Kier molecular flexibility index (Phi) is 4.47. The molecule has 23 heavy (non-hydrogen) atoms. The molecule has 1 fully saturated rings. The molecule has 122 valence electrons. The first-order valence-corrected chi connectivity index (χ1v) is 7.78. The second-order valence-corrected chi connectivity index (χ2v) is 5.62. The van der Waals surface area contributed by atoms with E-state index < -0.39 is 11.7 Å². The number of amides is 1. The molecule has 0 bridgehead atoms. The largest absolute Gasteiger partial charge is 0.408 e. The number of nitrogens with zero attached hydrogens (tertiary/aromatic N) is 4. The number of rotatable bonds is 3. The Morgan fingerprint density at radius 2 is 2.04 bits per heavy atom. The number of anilines is 1. The molecule has 1 aromatic carbocycles. The molecule has 0 unspecified atom stereocenters. The van der Waals surface area contributed by atoms with Crippen molar-refractivity contribution in [3.05, 3.63) is 40.5 Å². The highest BCUT2D eigenvalue weighted by molar-refractivity contribution is 6.33. The first-order chi connectivity index (χ1) is 11.1. The maximum absolute atomic E-state index is 13.9. The molecule has 0 spiro atoms. The lowest BCUT2D eigenvalue weighted by Gasteiger charge is -2.33. The van der Waals surface area contributed by atoms with Gasteiger partial charge in [-0.3, -0.25) is 4.79 Å². The van der Waals surface area contributed by atoms with E-state index in [4.69, 9.17) is 16.0 Å². The Labute approximate surface area is 137 Å². The minimum absolute atomic E-state index is 0.0753. The molecule has 3 rings (SSSR count). The van der Waals surface area contributed by atoms with Crippen molar-refractivity contribution in [1.82, 2.24) is 15.1 Å². The summed E-state index contributed by atoms with van der Waals surface area (Å²) >= 11 is 5.96. The monoisotopic (exact) mass is 338 g/mol. The third kappa shape index (κ3) is 3.14. The highest BCUT2D eigenvalue weighted by atomic mass is 35.5. The Morgan fingerprint density at radius 3 is 2.65 bits per heavy atom. The molecule has 2 aromatic rings. The normalized spacial score (nSPS) is 15.1. The Morgan fingerprint density at radius 1 is 1.30 bits per heavy atom. The number of aryl methyl sites for hydroxylation is 1. The number of piperazine rings is 1. The zero-order valence-electron chi connectivity index (χ0n) is 12.6. The van der Waals surface area contributed by atoms with Gasteiger partial charge in [0, 0.05) is 32.6 Å². The predicted molar refractivity (Wildman–Crippen MR) is 83.2 cm³/mol. The van der Waals surface area contributed by atoms with Crippen LogP contribution >= 0.6 is 11.6 Å². The van der Waals surface area contributed by atoms with E-state index >= 15 is 0 Å². The van der Waals surface area contributed by atoms with Crippen LogP contribution in [-0.4, -0.2) is 47.2 Å². The van der Waals surface area contributed by atoms with Crippen molar-refractivity contribution in [3.63, 3.8) is 0 Å². The van der Waals surface area contributed by atoms with E-state index in [1.807, 2.05) is 11.8 Å². The van der Waals surface area contributed by atoms with E-state index in [1.54, 1.807) is 4.90 Å². The molecule has 8 heteroatoms. The number of carbonyl (C=O) groups is 1. The summed E-state index contributed by atoms with van der Waals surface area (Å²) in [5.41, 5.74) is -0.0753. The third-order valence-corrected chi connectivity index (χ3v) is 4.09. The van der Waals surface area contributed by atoms with Crippen LogP contribution in [-0.2, 0) is 6.42 Å². The molecular weight excluding hydrogens is 323 g/mol. The van der Waals surface area contributed by atoms with Crippen LogP contribution in [0.25, 0.3) is 0 Å². The summed E-state index contributed by atoms with van der Waals surface area (Å²) in [4.78, 5) is 16.0. The number of carbonyl (C=O) groups excluding carboxylic acids is 1. The summed E-state index contributed by atoms with van der Waals surface area (Å²) in [5.74, 6) is -0.418. The number of benzene rings is 1. The van der Waals surface area contributed by atoms with Crippen molar-refractivity contribution < 1.29 is 13.6 Å². The van der Waals surface area contributed by atoms with Gasteiger partial charge in [0.15, 0.2) is 0 Å².